The summed E-state index contributed by atoms with van der Waals surface area (Å²) < 4.78 is 42.5. The second kappa shape index (κ2) is 7.41. The number of aryl methyl sites for hydroxylation is 2. The Labute approximate surface area is 186 Å². The molecule has 0 aliphatic carbocycles. The minimum absolute atomic E-state index is 0.370. The Morgan fingerprint density at radius 1 is 0.818 bits per heavy atom. The van der Waals surface area contributed by atoms with E-state index in [2.05, 4.69) is 21.0 Å². The van der Waals surface area contributed by atoms with Gasteiger partial charge in [-0.25, -0.2) is 15.0 Å². The number of hydrogen-bond acceptors (Lipinski definition) is 4. The Hall–Kier alpha value is -4.25. The topological polar surface area (TPSA) is 67.4 Å². The third kappa shape index (κ3) is 3.48. The molecule has 0 spiro atoms. The van der Waals surface area contributed by atoms with Crippen LogP contribution in [0.5, 0.6) is 0 Å². The third-order valence-corrected chi connectivity index (χ3v) is 5.47. The molecule has 3 aromatic carbocycles. The van der Waals surface area contributed by atoms with Crippen LogP contribution < -0.4 is 0 Å². The molecule has 33 heavy (non-hydrogen) atoms. The quantitative estimate of drug-likeness (QED) is 0.329. The number of fused-ring (bicyclic) bond motifs is 3. The van der Waals surface area contributed by atoms with Gasteiger partial charge in [-0.1, -0.05) is 24.3 Å². The lowest BCUT2D eigenvalue weighted by atomic mass is 10.1. The van der Waals surface area contributed by atoms with Crippen LogP contribution in [0, 0.1) is 25.2 Å². The number of halogens is 3. The Bertz CT molecular complexity index is 1570. The maximum atomic E-state index is 13.6. The van der Waals surface area contributed by atoms with E-state index in [1.54, 1.807) is 36.6 Å². The van der Waals surface area contributed by atoms with Crippen molar-refractivity contribution >= 4 is 21.8 Å². The van der Waals surface area contributed by atoms with E-state index >= 15 is 0 Å². The fraction of sp³-hybridized carbons (Fsp3) is 0.120. The fourth-order valence-electron chi connectivity index (χ4n) is 4.12. The van der Waals surface area contributed by atoms with Crippen LogP contribution in [0.2, 0.25) is 0 Å². The van der Waals surface area contributed by atoms with Gasteiger partial charge in [0.05, 0.1) is 33.9 Å². The van der Waals surface area contributed by atoms with E-state index in [0.29, 0.717) is 50.7 Å². The highest BCUT2D eigenvalue weighted by Gasteiger charge is 2.31. The van der Waals surface area contributed by atoms with Gasteiger partial charge in [0.2, 0.25) is 0 Å². The van der Waals surface area contributed by atoms with Crippen molar-refractivity contribution in [3.8, 4) is 23.1 Å². The average Bonchev–Trinajstić information content (AvgIpc) is 3.11. The minimum atomic E-state index is -4.49. The Morgan fingerprint density at radius 3 is 2.21 bits per heavy atom. The molecule has 0 N–H and O–H groups in total. The molecule has 0 saturated heterocycles. The summed E-state index contributed by atoms with van der Waals surface area (Å²) >= 11 is 0. The van der Waals surface area contributed by atoms with Crippen molar-refractivity contribution < 1.29 is 13.2 Å². The maximum absolute atomic E-state index is 13.6. The summed E-state index contributed by atoms with van der Waals surface area (Å²) in [4.78, 5) is 13.1. The lowest BCUT2D eigenvalue weighted by Crippen LogP contribution is -2.06. The summed E-state index contributed by atoms with van der Waals surface area (Å²) in [5.74, 6) is 1.43. The van der Waals surface area contributed by atoms with Gasteiger partial charge in [0.1, 0.15) is 11.6 Å². The van der Waals surface area contributed by atoms with Gasteiger partial charge in [-0.15, -0.1) is 0 Å². The molecule has 5 rings (SSSR count). The molecule has 8 heteroatoms. The van der Waals surface area contributed by atoms with Crippen LogP contribution in [-0.4, -0.2) is 19.5 Å². The van der Waals surface area contributed by atoms with Gasteiger partial charge in [-0.05, 0) is 50.2 Å². The summed E-state index contributed by atoms with van der Waals surface area (Å²) in [6.07, 6.45) is -4.49. The fourth-order valence-corrected chi connectivity index (χ4v) is 4.12. The standard InChI is InChI=1S/C25H16F3N5/c1-14-30-15(2)32-24(31-14)20-9-7-16(13-29)11-22(20)33-21-6-4-3-5-18(21)19-10-8-17(12-23(19)33)25(26,27)28/h3-12H,1-2H3. The number of aromatic nitrogens is 4. The zero-order valence-electron chi connectivity index (χ0n) is 17.6. The van der Waals surface area contributed by atoms with Crippen molar-refractivity contribution in [2.45, 2.75) is 20.0 Å². The monoisotopic (exact) mass is 443 g/mol. The van der Waals surface area contributed by atoms with E-state index in [9.17, 15) is 18.4 Å². The first-order chi connectivity index (χ1) is 15.8. The van der Waals surface area contributed by atoms with Gasteiger partial charge in [0.25, 0.3) is 0 Å². The molecule has 2 heterocycles. The van der Waals surface area contributed by atoms with Gasteiger partial charge in [-0.2, -0.15) is 18.4 Å². The second-order valence-corrected chi connectivity index (χ2v) is 7.68. The Balaban J connectivity index is 1.93. The molecule has 0 aliphatic rings. The molecular weight excluding hydrogens is 427 g/mol. The summed E-state index contributed by atoms with van der Waals surface area (Å²) in [5, 5.41) is 11.0. The van der Waals surface area contributed by atoms with E-state index in [-0.39, 0.29) is 0 Å². The SMILES string of the molecule is Cc1nc(C)nc(-c2ccc(C#N)cc2-n2c3ccccc3c3ccc(C(F)(F)F)cc32)n1. The summed E-state index contributed by atoms with van der Waals surface area (Å²) in [6, 6.07) is 18.2. The molecule has 0 atom stereocenters. The summed E-state index contributed by atoms with van der Waals surface area (Å²) in [6.45, 7) is 3.50. The maximum Gasteiger partial charge on any atom is 0.416 e. The van der Waals surface area contributed by atoms with Crippen LogP contribution in [0.4, 0.5) is 13.2 Å². The second-order valence-electron chi connectivity index (χ2n) is 7.68. The lowest BCUT2D eigenvalue weighted by Gasteiger charge is -2.15. The number of hydrogen-bond donors (Lipinski definition) is 0. The predicted molar refractivity (Wildman–Crippen MR) is 119 cm³/mol. The van der Waals surface area contributed by atoms with Crippen LogP contribution in [0.1, 0.15) is 22.8 Å². The highest BCUT2D eigenvalue weighted by molar-refractivity contribution is 6.09. The van der Waals surface area contributed by atoms with Crippen molar-refractivity contribution in [3.05, 3.63) is 83.4 Å². The van der Waals surface area contributed by atoms with Crippen molar-refractivity contribution in [3.63, 3.8) is 0 Å². The smallest absolute Gasteiger partial charge is 0.308 e. The van der Waals surface area contributed by atoms with E-state index in [1.165, 1.54) is 6.07 Å². The number of nitrogens with zero attached hydrogens (tertiary/aromatic N) is 5. The van der Waals surface area contributed by atoms with E-state index in [1.807, 2.05) is 24.3 Å². The average molecular weight is 443 g/mol. The molecule has 2 aromatic heterocycles. The first kappa shape index (κ1) is 20.6. The minimum Gasteiger partial charge on any atom is -0.308 e. The van der Waals surface area contributed by atoms with Crippen molar-refractivity contribution in [1.82, 2.24) is 19.5 Å². The van der Waals surface area contributed by atoms with Gasteiger partial charge in [0.15, 0.2) is 5.82 Å². The van der Waals surface area contributed by atoms with E-state index < -0.39 is 11.7 Å². The summed E-state index contributed by atoms with van der Waals surface area (Å²) in [7, 11) is 0. The number of nitriles is 1. The largest absolute Gasteiger partial charge is 0.416 e. The van der Waals surface area contributed by atoms with Crippen LogP contribution >= 0.6 is 0 Å². The molecule has 162 valence electrons. The number of rotatable bonds is 2. The summed E-state index contributed by atoms with van der Waals surface area (Å²) in [5.41, 5.74) is 1.82. The van der Waals surface area contributed by atoms with Gasteiger partial charge < -0.3 is 4.57 Å². The number of para-hydroxylation sites is 1. The molecule has 0 aliphatic heterocycles. The van der Waals surface area contributed by atoms with Gasteiger partial charge in [0, 0.05) is 16.3 Å². The molecule has 0 fully saturated rings. The van der Waals surface area contributed by atoms with Crippen LogP contribution in [0.25, 0.3) is 38.9 Å². The molecule has 0 radical (unpaired) electrons. The molecule has 0 amide bonds. The number of benzene rings is 3. The zero-order chi connectivity index (χ0) is 23.3. The highest BCUT2D eigenvalue weighted by atomic mass is 19.4. The molecular formula is C25H16F3N5. The van der Waals surface area contributed by atoms with Crippen molar-refractivity contribution in [2.24, 2.45) is 0 Å². The van der Waals surface area contributed by atoms with Gasteiger partial charge >= 0.3 is 6.18 Å². The van der Waals surface area contributed by atoms with Crippen molar-refractivity contribution in [1.29, 1.82) is 5.26 Å². The molecule has 0 saturated carbocycles. The van der Waals surface area contributed by atoms with Crippen LogP contribution in [0.15, 0.2) is 60.7 Å². The predicted octanol–water partition coefficient (Wildman–Crippen LogP) is 6.14. The first-order valence-electron chi connectivity index (χ1n) is 10.1. The zero-order valence-corrected chi connectivity index (χ0v) is 17.6. The Morgan fingerprint density at radius 2 is 1.52 bits per heavy atom. The molecule has 5 nitrogen and oxygen atoms in total. The van der Waals surface area contributed by atoms with Crippen LogP contribution in [0.3, 0.4) is 0 Å². The lowest BCUT2D eigenvalue weighted by molar-refractivity contribution is -0.137. The first-order valence-corrected chi connectivity index (χ1v) is 10.1. The third-order valence-electron chi connectivity index (χ3n) is 5.47. The van der Waals surface area contributed by atoms with E-state index in [0.717, 1.165) is 17.5 Å². The number of alkyl halides is 3. The van der Waals surface area contributed by atoms with Crippen LogP contribution in [-0.2, 0) is 6.18 Å². The molecule has 5 aromatic rings. The molecule has 0 bridgehead atoms. The van der Waals surface area contributed by atoms with E-state index in [4.69, 9.17) is 0 Å². The van der Waals surface area contributed by atoms with Crippen molar-refractivity contribution in [2.75, 3.05) is 0 Å². The Kier molecular flexibility index (Phi) is 4.64. The molecule has 0 unspecified atom stereocenters. The normalized spacial score (nSPS) is 11.8. The van der Waals surface area contributed by atoms with Gasteiger partial charge in [-0.3, -0.25) is 0 Å². The highest BCUT2D eigenvalue weighted by Crippen LogP contribution is 2.38.